The van der Waals surface area contributed by atoms with Gasteiger partial charge in [-0.05, 0) is 36.3 Å². The molecule has 4 heteroatoms. The molecule has 0 saturated carbocycles. The van der Waals surface area contributed by atoms with Crippen LogP contribution in [0, 0.1) is 0 Å². The zero-order chi connectivity index (χ0) is 15.9. The van der Waals surface area contributed by atoms with Crippen LogP contribution in [0.3, 0.4) is 0 Å². The minimum absolute atomic E-state index is 0.327. The fourth-order valence-corrected chi connectivity index (χ4v) is 5.21. The third kappa shape index (κ3) is 4.85. The number of amides is 1. The van der Waals surface area contributed by atoms with Gasteiger partial charge in [-0.2, -0.15) is 11.8 Å². The fourth-order valence-electron chi connectivity index (χ4n) is 2.97. The Kier molecular flexibility index (Phi) is 6.17. The monoisotopic (exact) mass is 345 g/mol. The molecule has 0 radical (unpaired) electrons. The van der Waals surface area contributed by atoms with Crippen LogP contribution in [0.2, 0.25) is 0 Å². The molecule has 0 spiro atoms. The summed E-state index contributed by atoms with van der Waals surface area (Å²) in [7, 11) is 0. The van der Waals surface area contributed by atoms with E-state index >= 15 is 0 Å². The van der Waals surface area contributed by atoms with Crippen LogP contribution in [0.5, 0.6) is 0 Å². The van der Waals surface area contributed by atoms with Crippen molar-refractivity contribution in [2.75, 3.05) is 18.8 Å². The first-order chi connectivity index (χ1) is 11.3. The summed E-state index contributed by atoms with van der Waals surface area (Å²) in [6.45, 7) is 1.80. The molecule has 1 aromatic heterocycles. The molecule has 3 rings (SSSR count). The summed E-state index contributed by atoms with van der Waals surface area (Å²) < 4.78 is 0. The molecular weight excluding hydrogens is 322 g/mol. The lowest BCUT2D eigenvalue weighted by Gasteiger charge is -2.20. The molecule has 1 atom stereocenters. The highest BCUT2D eigenvalue weighted by atomic mass is 32.2. The van der Waals surface area contributed by atoms with Gasteiger partial charge in [-0.15, -0.1) is 11.3 Å². The highest BCUT2D eigenvalue weighted by molar-refractivity contribution is 7.99. The SMILES string of the molecule is O=C(CCCc1ccccc1)N1CCSC(c2cccs2)CC1. The minimum atomic E-state index is 0.327. The summed E-state index contributed by atoms with van der Waals surface area (Å²) in [5.74, 6) is 1.38. The van der Waals surface area contributed by atoms with E-state index in [1.807, 2.05) is 29.2 Å². The predicted octanol–water partition coefficient (Wildman–Crippen LogP) is 4.78. The first-order valence-electron chi connectivity index (χ1n) is 8.29. The van der Waals surface area contributed by atoms with Crippen LogP contribution in [0.4, 0.5) is 0 Å². The van der Waals surface area contributed by atoms with Crippen LogP contribution >= 0.6 is 23.1 Å². The lowest BCUT2D eigenvalue weighted by Crippen LogP contribution is -2.32. The molecule has 2 nitrogen and oxygen atoms in total. The number of hydrogen-bond acceptors (Lipinski definition) is 3. The summed E-state index contributed by atoms with van der Waals surface area (Å²) >= 11 is 3.84. The van der Waals surface area contributed by atoms with Gasteiger partial charge in [-0.3, -0.25) is 4.79 Å². The maximum atomic E-state index is 12.5. The molecule has 2 heterocycles. The lowest BCUT2D eigenvalue weighted by molar-refractivity contribution is -0.131. The molecule has 0 bridgehead atoms. The molecule has 1 amide bonds. The van der Waals surface area contributed by atoms with Gasteiger partial charge in [0.1, 0.15) is 0 Å². The first-order valence-corrected chi connectivity index (χ1v) is 10.2. The summed E-state index contributed by atoms with van der Waals surface area (Å²) in [4.78, 5) is 16.0. The molecule has 1 saturated heterocycles. The van der Waals surface area contributed by atoms with Gasteiger partial charge < -0.3 is 4.90 Å². The Hall–Kier alpha value is -1.26. The van der Waals surface area contributed by atoms with E-state index in [9.17, 15) is 4.79 Å². The Morgan fingerprint density at radius 3 is 2.78 bits per heavy atom. The number of nitrogens with zero attached hydrogens (tertiary/aromatic N) is 1. The summed E-state index contributed by atoms with van der Waals surface area (Å²) in [5.41, 5.74) is 1.32. The third-order valence-electron chi connectivity index (χ3n) is 4.25. The van der Waals surface area contributed by atoms with E-state index in [4.69, 9.17) is 0 Å². The number of benzene rings is 1. The molecule has 122 valence electrons. The number of thioether (sulfide) groups is 1. The van der Waals surface area contributed by atoms with Gasteiger partial charge in [-0.25, -0.2) is 0 Å². The molecule has 1 fully saturated rings. The van der Waals surface area contributed by atoms with E-state index in [2.05, 4.69) is 46.7 Å². The second-order valence-corrected chi connectivity index (χ2v) is 8.17. The Morgan fingerprint density at radius 1 is 1.13 bits per heavy atom. The predicted molar refractivity (Wildman–Crippen MR) is 100 cm³/mol. The second kappa shape index (κ2) is 8.55. The Bertz CT molecular complexity index is 597. The number of aryl methyl sites for hydroxylation is 1. The molecule has 1 aliphatic rings. The maximum absolute atomic E-state index is 12.5. The highest BCUT2D eigenvalue weighted by Crippen LogP contribution is 2.36. The lowest BCUT2D eigenvalue weighted by atomic mass is 10.1. The standard InChI is InChI=1S/C19H23NOS2/c21-19(10-4-8-16-6-2-1-3-7-16)20-12-11-18(23-15-13-20)17-9-5-14-22-17/h1-3,5-7,9,14,18H,4,8,10-13,15H2. The minimum Gasteiger partial charge on any atom is -0.342 e. The van der Waals surface area contributed by atoms with Crippen molar-refractivity contribution in [2.24, 2.45) is 0 Å². The normalized spacial score (nSPS) is 18.6. The van der Waals surface area contributed by atoms with Gasteiger partial charge in [0.15, 0.2) is 0 Å². The van der Waals surface area contributed by atoms with Gasteiger partial charge in [0.2, 0.25) is 5.91 Å². The number of carbonyl (C=O) groups excluding carboxylic acids is 1. The Balaban J connectivity index is 1.44. The van der Waals surface area contributed by atoms with Crippen LogP contribution in [0.15, 0.2) is 47.8 Å². The average molecular weight is 346 g/mol. The Morgan fingerprint density at radius 2 is 2.00 bits per heavy atom. The first kappa shape index (κ1) is 16.6. The van der Waals surface area contributed by atoms with Gasteiger partial charge in [0.25, 0.3) is 0 Å². The summed E-state index contributed by atoms with van der Waals surface area (Å²) in [6, 6.07) is 14.8. The van der Waals surface area contributed by atoms with Gasteiger partial charge in [0.05, 0.1) is 0 Å². The largest absolute Gasteiger partial charge is 0.342 e. The van der Waals surface area contributed by atoms with Crippen LogP contribution in [0.1, 0.15) is 35.0 Å². The number of rotatable bonds is 5. The quantitative estimate of drug-likeness (QED) is 0.777. The van der Waals surface area contributed by atoms with E-state index < -0.39 is 0 Å². The van der Waals surface area contributed by atoms with E-state index in [1.165, 1.54) is 10.4 Å². The molecule has 0 aliphatic carbocycles. The molecule has 23 heavy (non-hydrogen) atoms. The number of carbonyl (C=O) groups is 1. The van der Waals surface area contributed by atoms with Crippen molar-refractivity contribution in [1.82, 2.24) is 4.90 Å². The van der Waals surface area contributed by atoms with Crippen molar-refractivity contribution in [3.8, 4) is 0 Å². The zero-order valence-electron chi connectivity index (χ0n) is 13.3. The van der Waals surface area contributed by atoms with Crippen LogP contribution in [0.25, 0.3) is 0 Å². The molecule has 1 aromatic carbocycles. The van der Waals surface area contributed by atoms with Gasteiger partial charge >= 0.3 is 0 Å². The third-order valence-corrected chi connectivity index (χ3v) is 6.70. The summed E-state index contributed by atoms with van der Waals surface area (Å²) in [6.07, 6.45) is 3.69. The van der Waals surface area contributed by atoms with Crippen molar-refractivity contribution in [3.63, 3.8) is 0 Å². The highest BCUT2D eigenvalue weighted by Gasteiger charge is 2.22. The average Bonchev–Trinajstić information content (AvgIpc) is 3.00. The van der Waals surface area contributed by atoms with E-state index in [-0.39, 0.29) is 0 Å². The van der Waals surface area contributed by atoms with E-state index in [1.54, 1.807) is 0 Å². The molecular formula is C19H23NOS2. The zero-order valence-corrected chi connectivity index (χ0v) is 15.0. The molecule has 1 unspecified atom stereocenters. The van der Waals surface area contributed by atoms with Crippen LogP contribution in [-0.4, -0.2) is 29.6 Å². The van der Waals surface area contributed by atoms with Crippen LogP contribution < -0.4 is 0 Å². The topological polar surface area (TPSA) is 20.3 Å². The fraction of sp³-hybridized carbons (Fsp3) is 0.421. The molecule has 0 N–H and O–H groups in total. The van der Waals surface area contributed by atoms with Gasteiger partial charge in [0, 0.05) is 35.4 Å². The van der Waals surface area contributed by atoms with Gasteiger partial charge in [-0.1, -0.05) is 36.4 Å². The van der Waals surface area contributed by atoms with Crippen molar-refractivity contribution in [2.45, 2.75) is 30.9 Å². The maximum Gasteiger partial charge on any atom is 0.222 e. The van der Waals surface area contributed by atoms with E-state index in [0.29, 0.717) is 17.6 Å². The van der Waals surface area contributed by atoms with Crippen molar-refractivity contribution in [3.05, 3.63) is 58.3 Å². The number of hydrogen-bond donors (Lipinski definition) is 0. The van der Waals surface area contributed by atoms with Crippen molar-refractivity contribution in [1.29, 1.82) is 0 Å². The second-order valence-electron chi connectivity index (χ2n) is 5.88. The van der Waals surface area contributed by atoms with Crippen LogP contribution in [-0.2, 0) is 11.2 Å². The smallest absolute Gasteiger partial charge is 0.222 e. The van der Waals surface area contributed by atoms with E-state index in [0.717, 1.165) is 38.1 Å². The number of thiophene rings is 1. The van der Waals surface area contributed by atoms with Crippen molar-refractivity contribution >= 4 is 29.0 Å². The summed E-state index contributed by atoms with van der Waals surface area (Å²) in [5, 5.41) is 2.71. The Labute approximate surface area is 146 Å². The van der Waals surface area contributed by atoms with Crippen molar-refractivity contribution < 1.29 is 4.79 Å². The molecule has 2 aromatic rings. The molecule has 1 aliphatic heterocycles.